The lowest BCUT2D eigenvalue weighted by molar-refractivity contribution is 0.0194. The number of nitrogens with zero attached hydrogens (tertiary/aromatic N) is 4. The monoisotopic (exact) mass is 511 g/mol. The lowest BCUT2D eigenvalue weighted by Gasteiger charge is -2.32. The molecule has 28 heavy (non-hydrogen) atoms. The van der Waals surface area contributed by atoms with Crippen LogP contribution in [-0.4, -0.2) is 104 Å². The van der Waals surface area contributed by atoms with Crippen LogP contribution in [0.25, 0.3) is 0 Å². The van der Waals surface area contributed by atoms with Gasteiger partial charge in [-0.25, -0.2) is 4.79 Å². The van der Waals surface area contributed by atoms with E-state index in [0.29, 0.717) is 19.1 Å². The van der Waals surface area contributed by atoms with Gasteiger partial charge in [-0.1, -0.05) is 0 Å². The zero-order chi connectivity index (χ0) is 19.9. The number of hydrogen-bond donors (Lipinski definition) is 1. The van der Waals surface area contributed by atoms with Gasteiger partial charge in [0, 0.05) is 52.4 Å². The van der Waals surface area contributed by atoms with Crippen molar-refractivity contribution in [3.05, 3.63) is 0 Å². The molecule has 0 saturated carbocycles. The van der Waals surface area contributed by atoms with E-state index in [1.165, 1.54) is 0 Å². The summed E-state index contributed by atoms with van der Waals surface area (Å²) in [7, 11) is 1.75. The Morgan fingerprint density at radius 2 is 1.96 bits per heavy atom. The molecule has 1 atom stereocenters. The molecular weight excluding hydrogens is 473 g/mol. The van der Waals surface area contributed by atoms with Crippen LogP contribution in [0.4, 0.5) is 4.79 Å². The smallest absolute Gasteiger partial charge is 0.410 e. The van der Waals surface area contributed by atoms with E-state index in [0.717, 1.165) is 58.3 Å². The SMILES string of the molecule is CCNC(=NCCN(C)C(=O)OC(C)(C)C)N1CCC(N2CCOCC2)C1.I. The Morgan fingerprint density at radius 3 is 2.57 bits per heavy atom. The molecule has 2 heterocycles. The second-order valence-corrected chi connectivity index (χ2v) is 8.17. The van der Waals surface area contributed by atoms with Gasteiger partial charge in [0.2, 0.25) is 0 Å². The standard InChI is InChI=1S/C19H37N5O3.HI/c1-6-20-17(21-8-10-22(5)18(25)27-19(2,3)4)24-9-7-16(15-24)23-11-13-26-14-12-23;/h16H,6-15H2,1-5H3,(H,20,21);1H. The van der Waals surface area contributed by atoms with Crippen molar-refractivity contribution in [2.75, 3.05) is 66.1 Å². The molecule has 8 nitrogen and oxygen atoms in total. The fraction of sp³-hybridized carbons (Fsp3) is 0.895. The number of aliphatic imine (C=N–C) groups is 1. The van der Waals surface area contributed by atoms with Crippen molar-refractivity contribution in [2.45, 2.75) is 45.8 Å². The van der Waals surface area contributed by atoms with Gasteiger partial charge in [-0.2, -0.15) is 0 Å². The molecule has 0 aliphatic carbocycles. The molecule has 2 saturated heterocycles. The molecule has 1 unspecified atom stereocenters. The molecular formula is C19H38IN5O3. The minimum Gasteiger partial charge on any atom is -0.444 e. The minimum absolute atomic E-state index is 0. The van der Waals surface area contributed by atoms with E-state index < -0.39 is 5.60 Å². The van der Waals surface area contributed by atoms with E-state index in [1.807, 2.05) is 20.8 Å². The van der Waals surface area contributed by atoms with E-state index >= 15 is 0 Å². The van der Waals surface area contributed by atoms with Gasteiger partial charge in [-0.3, -0.25) is 9.89 Å². The van der Waals surface area contributed by atoms with Crippen LogP contribution in [0.5, 0.6) is 0 Å². The van der Waals surface area contributed by atoms with Crippen LogP contribution < -0.4 is 5.32 Å². The Kier molecular flexibility index (Phi) is 10.8. The number of guanidine groups is 1. The average Bonchev–Trinajstić information content (AvgIpc) is 3.10. The summed E-state index contributed by atoms with van der Waals surface area (Å²) >= 11 is 0. The Bertz CT molecular complexity index is 506. The van der Waals surface area contributed by atoms with E-state index in [-0.39, 0.29) is 30.1 Å². The van der Waals surface area contributed by atoms with Crippen molar-refractivity contribution >= 4 is 36.0 Å². The van der Waals surface area contributed by atoms with E-state index in [2.05, 4.69) is 22.0 Å². The van der Waals surface area contributed by atoms with Crippen molar-refractivity contribution in [1.82, 2.24) is 20.0 Å². The highest BCUT2D eigenvalue weighted by Gasteiger charge is 2.30. The number of carbonyl (C=O) groups is 1. The Morgan fingerprint density at radius 1 is 1.29 bits per heavy atom. The molecule has 1 amide bonds. The van der Waals surface area contributed by atoms with Crippen molar-refractivity contribution in [2.24, 2.45) is 4.99 Å². The number of ether oxygens (including phenoxy) is 2. The highest BCUT2D eigenvalue weighted by molar-refractivity contribution is 14.0. The molecule has 164 valence electrons. The molecule has 0 bridgehead atoms. The van der Waals surface area contributed by atoms with Crippen LogP contribution in [0, 0.1) is 0 Å². The average molecular weight is 511 g/mol. The molecule has 2 aliphatic heterocycles. The third-order valence-corrected chi connectivity index (χ3v) is 4.76. The van der Waals surface area contributed by atoms with Gasteiger partial charge in [0.05, 0.1) is 19.8 Å². The van der Waals surface area contributed by atoms with Gasteiger partial charge < -0.3 is 24.6 Å². The van der Waals surface area contributed by atoms with Crippen LogP contribution in [0.2, 0.25) is 0 Å². The Hall–Kier alpha value is -0.810. The first-order valence-electron chi connectivity index (χ1n) is 10.1. The molecule has 0 aromatic rings. The fourth-order valence-corrected chi connectivity index (χ4v) is 3.34. The van der Waals surface area contributed by atoms with E-state index in [1.54, 1.807) is 11.9 Å². The maximum Gasteiger partial charge on any atom is 0.410 e. The molecule has 0 aromatic heterocycles. The molecule has 0 aromatic carbocycles. The van der Waals surface area contributed by atoms with Gasteiger partial charge in [0.15, 0.2) is 5.96 Å². The summed E-state index contributed by atoms with van der Waals surface area (Å²) in [4.78, 5) is 23.2. The number of carbonyl (C=O) groups excluding carboxylic acids is 1. The number of morpholine rings is 1. The van der Waals surface area contributed by atoms with Crippen molar-refractivity contribution < 1.29 is 14.3 Å². The molecule has 0 radical (unpaired) electrons. The third-order valence-electron chi connectivity index (χ3n) is 4.76. The molecule has 9 heteroatoms. The third kappa shape index (κ3) is 8.28. The summed E-state index contributed by atoms with van der Waals surface area (Å²) in [5.41, 5.74) is -0.479. The molecule has 0 spiro atoms. The number of amides is 1. The Balaban J connectivity index is 0.00000392. The second-order valence-electron chi connectivity index (χ2n) is 8.17. The van der Waals surface area contributed by atoms with Crippen molar-refractivity contribution in [3.63, 3.8) is 0 Å². The lowest BCUT2D eigenvalue weighted by Crippen LogP contribution is -2.46. The van der Waals surface area contributed by atoms with Gasteiger partial charge in [-0.15, -0.1) is 24.0 Å². The van der Waals surface area contributed by atoms with Gasteiger partial charge >= 0.3 is 6.09 Å². The molecule has 2 rings (SSSR count). The summed E-state index contributed by atoms with van der Waals surface area (Å²) in [5.74, 6) is 0.936. The number of hydrogen-bond acceptors (Lipinski definition) is 5. The highest BCUT2D eigenvalue weighted by atomic mass is 127. The topological polar surface area (TPSA) is 69.6 Å². The van der Waals surface area contributed by atoms with Crippen molar-refractivity contribution in [1.29, 1.82) is 0 Å². The number of halogens is 1. The zero-order valence-electron chi connectivity index (χ0n) is 18.1. The minimum atomic E-state index is -0.479. The first-order valence-corrected chi connectivity index (χ1v) is 10.1. The maximum atomic E-state index is 12.0. The van der Waals surface area contributed by atoms with Crippen LogP contribution in [0.3, 0.4) is 0 Å². The first-order chi connectivity index (χ1) is 12.8. The largest absolute Gasteiger partial charge is 0.444 e. The summed E-state index contributed by atoms with van der Waals surface area (Å²) in [6, 6.07) is 0.571. The van der Waals surface area contributed by atoms with Crippen LogP contribution in [-0.2, 0) is 9.47 Å². The number of likely N-dealkylation sites (tertiary alicyclic amines) is 1. The number of rotatable bonds is 5. The summed E-state index contributed by atoms with van der Waals surface area (Å²) in [6.07, 6.45) is 0.846. The van der Waals surface area contributed by atoms with E-state index in [9.17, 15) is 4.79 Å². The van der Waals surface area contributed by atoms with Crippen LogP contribution >= 0.6 is 24.0 Å². The summed E-state index contributed by atoms with van der Waals surface area (Å²) in [5, 5.41) is 3.39. The predicted molar refractivity (Wildman–Crippen MR) is 123 cm³/mol. The normalized spacial score (nSPS) is 21.2. The van der Waals surface area contributed by atoms with Crippen LogP contribution in [0.15, 0.2) is 4.99 Å². The van der Waals surface area contributed by atoms with E-state index in [4.69, 9.17) is 14.5 Å². The molecule has 2 fully saturated rings. The quantitative estimate of drug-likeness (QED) is 0.345. The van der Waals surface area contributed by atoms with Gasteiger partial charge in [0.1, 0.15) is 5.60 Å². The highest BCUT2D eigenvalue weighted by Crippen LogP contribution is 2.17. The lowest BCUT2D eigenvalue weighted by atomic mass is 10.2. The Labute approximate surface area is 187 Å². The fourth-order valence-electron chi connectivity index (χ4n) is 3.34. The molecule has 2 aliphatic rings. The second kappa shape index (κ2) is 12.0. The van der Waals surface area contributed by atoms with Gasteiger partial charge in [-0.05, 0) is 34.1 Å². The first kappa shape index (κ1) is 25.2. The van der Waals surface area contributed by atoms with Gasteiger partial charge in [0.25, 0.3) is 0 Å². The predicted octanol–water partition coefficient (Wildman–Crippen LogP) is 1.84. The van der Waals surface area contributed by atoms with Crippen molar-refractivity contribution in [3.8, 4) is 0 Å². The zero-order valence-corrected chi connectivity index (χ0v) is 20.4. The number of likely N-dealkylation sites (N-methyl/N-ethyl adjacent to an activating group) is 1. The molecule has 1 N–H and O–H groups in total. The maximum absolute atomic E-state index is 12.0. The number of nitrogens with one attached hydrogen (secondary N) is 1. The summed E-state index contributed by atoms with van der Waals surface area (Å²) < 4.78 is 10.8. The van der Waals surface area contributed by atoms with Crippen LogP contribution in [0.1, 0.15) is 34.1 Å². The summed E-state index contributed by atoms with van der Waals surface area (Å²) in [6.45, 7) is 15.3.